The molecular formula is C39H46BNP. The molecule has 42 heavy (non-hydrogen) atoms. The first kappa shape index (κ1) is 28.1. The van der Waals surface area contributed by atoms with Crippen LogP contribution in [-0.2, 0) is 0 Å². The van der Waals surface area contributed by atoms with Gasteiger partial charge in [-0.05, 0) is 97.0 Å². The van der Waals surface area contributed by atoms with Gasteiger partial charge in [0.25, 0.3) is 0 Å². The molecule has 4 aromatic rings. The third kappa shape index (κ3) is 4.12. The third-order valence-electron chi connectivity index (χ3n) is 12.2. The number of fused-ring (bicyclic) bond motifs is 2. The molecule has 8 rings (SSSR count). The van der Waals surface area contributed by atoms with E-state index in [4.69, 9.17) is 0 Å². The van der Waals surface area contributed by atoms with Gasteiger partial charge in [0.2, 0.25) is 0 Å². The fourth-order valence-electron chi connectivity index (χ4n) is 9.94. The monoisotopic (exact) mass is 570 g/mol. The largest absolute Gasteiger partial charge is 0.492 e. The van der Waals surface area contributed by atoms with Crippen LogP contribution in [0.15, 0.2) is 121 Å². The average molecular weight is 571 g/mol. The SMILES string of the molecule is C[C@@H]1[C@H]2C[C@@H](C[C@H]1[B-]1[C@@H]([P+](c3ccccc3)(c3ccccc3)c3ccccc3)[C@H](C)N1[C@@H](C)c1ccccc1)C2(C)C. The van der Waals surface area contributed by atoms with Crippen LogP contribution in [0.3, 0.4) is 0 Å². The van der Waals surface area contributed by atoms with Crippen molar-refractivity contribution in [1.29, 1.82) is 0 Å². The summed E-state index contributed by atoms with van der Waals surface area (Å²) in [5.74, 6) is 3.14. The zero-order chi connectivity index (χ0) is 29.1. The van der Waals surface area contributed by atoms with Crippen molar-refractivity contribution in [3.63, 3.8) is 0 Å². The lowest BCUT2D eigenvalue weighted by Crippen LogP contribution is -2.76. The Morgan fingerprint density at radius 1 is 0.690 bits per heavy atom. The minimum absolute atomic E-state index is 0.394. The highest BCUT2D eigenvalue weighted by Crippen LogP contribution is 2.71. The summed E-state index contributed by atoms with van der Waals surface area (Å²) < 4.78 is 0. The molecule has 4 aliphatic rings. The van der Waals surface area contributed by atoms with Crippen molar-refractivity contribution in [3.05, 3.63) is 127 Å². The molecule has 3 aliphatic carbocycles. The standard InChI is InChI=1S/C39H46BNP/c1-28-36-26-32(39(36,4)5)27-37(28)40-38(30(3)41(40)29(2)31-18-10-6-11-19-31)42(33-20-12-7-13-21-33,34-22-14-8-15-23-34)35-24-16-9-17-25-35/h6-25,28-30,32,36-38H,26-27H2,1-5H3/t28-,29+,30+,32+,36-,37-,38+/m1/s1. The Morgan fingerprint density at radius 3 is 1.57 bits per heavy atom. The summed E-state index contributed by atoms with van der Waals surface area (Å²) in [6.07, 6.45) is 2.80. The van der Waals surface area contributed by atoms with Gasteiger partial charge in [-0.15, -0.1) is 0 Å². The summed E-state index contributed by atoms with van der Waals surface area (Å²) >= 11 is 0. The predicted molar refractivity (Wildman–Crippen MR) is 184 cm³/mol. The van der Waals surface area contributed by atoms with E-state index < -0.39 is 7.26 Å². The van der Waals surface area contributed by atoms with Gasteiger partial charge >= 0.3 is 0 Å². The Balaban J connectivity index is 1.44. The van der Waals surface area contributed by atoms with Crippen LogP contribution >= 0.6 is 7.26 Å². The second-order valence-electron chi connectivity index (χ2n) is 14.1. The highest BCUT2D eigenvalue weighted by atomic mass is 31.2. The first-order valence-corrected chi connectivity index (χ1v) is 18.1. The van der Waals surface area contributed by atoms with Crippen LogP contribution in [0.4, 0.5) is 0 Å². The van der Waals surface area contributed by atoms with Crippen molar-refractivity contribution in [2.24, 2.45) is 23.2 Å². The fourth-order valence-corrected chi connectivity index (χ4v) is 15.4. The Hall–Kier alpha value is -2.67. The molecule has 1 heterocycles. The Labute approximate surface area is 255 Å². The zero-order valence-corrected chi connectivity index (χ0v) is 26.9. The minimum Gasteiger partial charge on any atom is -0.492 e. The van der Waals surface area contributed by atoms with E-state index in [9.17, 15) is 0 Å². The van der Waals surface area contributed by atoms with Gasteiger partial charge in [0, 0.05) is 0 Å². The van der Waals surface area contributed by atoms with Gasteiger partial charge in [0.05, 0.1) is 7.26 Å². The molecular weight excluding hydrogens is 524 g/mol. The van der Waals surface area contributed by atoms with Crippen molar-refractivity contribution < 1.29 is 0 Å². The summed E-state index contributed by atoms with van der Waals surface area (Å²) in [6, 6.07) is 47.1. The van der Waals surface area contributed by atoms with Crippen molar-refractivity contribution in [1.82, 2.24) is 4.81 Å². The molecule has 0 aromatic heterocycles. The van der Waals surface area contributed by atoms with E-state index in [0.717, 1.165) is 17.8 Å². The quantitative estimate of drug-likeness (QED) is 0.159. The number of benzene rings is 4. The van der Waals surface area contributed by atoms with Crippen LogP contribution in [0.2, 0.25) is 5.82 Å². The van der Waals surface area contributed by atoms with Crippen LogP contribution < -0.4 is 15.9 Å². The molecule has 215 valence electrons. The predicted octanol–water partition coefficient (Wildman–Crippen LogP) is 8.42. The van der Waals surface area contributed by atoms with E-state index in [1.54, 1.807) is 0 Å². The van der Waals surface area contributed by atoms with Gasteiger partial charge in [-0.1, -0.05) is 125 Å². The van der Waals surface area contributed by atoms with Crippen LogP contribution in [0.5, 0.6) is 0 Å². The second-order valence-corrected chi connectivity index (χ2v) is 17.7. The minimum atomic E-state index is -2.01. The number of hydrogen-bond acceptors (Lipinski definition) is 1. The van der Waals surface area contributed by atoms with Crippen LogP contribution in [0.1, 0.15) is 59.1 Å². The van der Waals surface area contributed by atoms with E-state index in [0.29, 0.717) is 35.7 Å². The van der Waals surface area contributed by atoms with Crippen LogP contribution in [0, 0.1) is 23.2 Å². The molecule has 7 atom stereocenters. The van der Waals surface area contributed by atoms with E-state index in [1.807, 2.05) is 0 Å². The highest BCUT2D eigenvalue weighted by molar-refractivity contribution is 7.97. The van der Waals surface area contributed by atoms with E-state index >= 15 is 0 Å². The average Bonchev–Trinajstić information content (AvgIpc) is 3.04. The van der Waals surface area contributed by atoms with E-state index in [1.165, 1.54) is 34.3 Å². The topological polar surface area (TPSA) is 3.24 Å². The van der Waals surface area contributed by atoms with Crippen molar-refractivity contribution in [2.45, 2.75) is 70.9 Å². The zero-order valence-electron chi connectivity index (χ0n) is 26.0. The molecule has 1 aliphatic heterocycles. The molecule has 4 fully saturated rings. The lowest BCUT2D eigenvalue weighted by molar-refractivity contribution is -0.102. The van der Waals surface area contributed by atoms with Gasteiger partial charge in [0.15, 0.2) is 0 Å². The van der Waals surface area contributed by atoms with Crippen molar-refractivity contribution in [3.8, 4) is 0 Å². The molecule has 2 bridgehead atoms. The summed E-state index contributed by atoms with van der Waals surface area (Å²) in [4.78, 5) is 2.96. The van der Waals surface area contributed by atoms with Gasteiger partial charge in [-0.2, -0.15) is 5.82 Å². The van der Waals surface area contributed by atoms with Crippen molar-refractivity contribution in [2.75, 3.05) is 0 Å². The molecule has 3 heteroatoms. The van der Waals surface area contributed by atoms with Gasteiger partial charge in [-0.25, -0.2) is 0 Å². The van der Waals surface area contributed by atoms with Crippen LogP contribution in [0.25, 0.3) is 0 Å². The lowest BCUT2D eigenvalue weighted by atomic mass is 9.28. The third-order valence-corrected chi connectivity index (χ3v) is 17.1. The molecule has 1 radical (unpaired) electrons. The maximum absolute atomic E-state index is 2.96. The smallest absolute Gasteiger partial charge is 0.101 e. The summed E-state index contributed by atoms with van der Waals surface area (Å²) in [5, 5.41) is 4.60. The number of nitrogens with zero attached hydrogens (tertiary/aromatic N) is 1. The maximum Gasteiger partial charge on any atom is 0.101 e. The Bertz CT molecular complexity index is 1390. The lowest BCUT2D eigenvalue weighted by Gasteiger charge is -2.75. The normalized spacial score (nSPS) is 29.7. The molecule has 0 amide bonds. The fraction of sp³-hybridized carbons (Fsp3) is 0.385. The molecule has 0 unspecified atom stereocenters. The second kappa shape index (κ2) is 10.8. The highest BCUT2D eigenvalue weighted by Gasteiger charge is 2.63. The first-order valence-electron chi connectivity index (χ1n) is 16.2. The van der Waals surface area contributed by atoms with Gasteiger partial charge < -0.3 is 4.81 Å². The van der Waals surface area contributed by atoms with E-state index in [2.05, 4.69) is 161 Å². The number of rotatable bonds is 7. The molecule has 4 aromatic carbocycles. The maximum atomic E-state index is 2.96. The summed E-state index contributed by atoms with van der Waals surface area (Å²) in [6.45, 7) is 13.3. The molecule has 1 nitrogen and oxygen atoms in total. The number of hydrogen-bond donors (Lipinski definition) is 0. The molecule has 1 saturated heterocycles. The molecule has 0 N–H and O–H groups in total. The summed E-state index contributed by atoms with van der Waals surface area (Å²) in [5.41, 5.74) is 2.50. The van der Waals surface area contributed by atoms with E-state index in [-0.39, 0.29) is 0 Å². The first-order chi connectivity index (χ1) is 20.4. The molecule has 3 saturated carbocycles. The van der Waals surface area contributed by atoms with Gasteiger partial charge in [-0.3, -0.25) is 0 Å². The van der Waals surface area contributed by atoms with Crippen LogP contribution in [-0.4, -0.2) is 23.3 Å². The molecule has 0 spiro atoms. The van der Waals surface area contributed by atoms with Gasteiger partial charge in [0.1, 0.15) is 15.9 Å². The Kier molecular flexibility index (Phi) is 7.23. The Morgan fingerprint density at radius 2 is 1.14 bits per heavy atom. The van der Waals surface area contributed by atoms with Crippen molar-refractivity contribution >= 4 is 30.0 Å². The summed E-state index contributed by atoms with van der Waals surface area (Å²) in [7, 11) is -2.01.